The van der Waals surface area contributed by atoms with E-state index in [2.05, 4.69) is 5.32 Å². The van der Waals surface area contributed by atoms with Crippen LogP contribution >= 0.6 is 11.8 Å². The van der Waals surface area contributed by atoms with Crippen molar-refractivity contribution < 1.29 is 13.6 Å². The van der Waals surface area contributed by atoms with Crippen LogP contribution in [-0.4, -0.2) is 23.5 Å². The van der Waals surface area contributed by atoms with E-state index in [0.29, 0.717) is 6.54 Å². The summed E-state index contributed by atoms with van der Waals surface area (Å²) in [4.78, 5) is 12.1. The zero-order chi connectivity index (χ0) is 15.5. The Labute approximate surface area is 127 Å². The van der Waals surface area contributed by atoms with Crippen molar-refractivity contribution in [1.82, 2.24) is 5.32 Å². The number of amides is 1. The first-order valence-corrected chi connectivity index (χ1v) is 8.28. The fourth-order valence-electron chi connectivity index (χ4n) is 2.74. The van der Waals surface area contributed by atoms with Crippen molar-refractivity contribution in [2.24, 2.45) is 0 Å². The monoisotopic (exact) mass is 314 g/mol. The molecule has 1 aromatic carbocycles. The number of anilines is 1. The number of hydrogen-bond donors (Lipinski definition) is 2. The molecular weight excluding hydrogens is 294 g/mol. The average molecular weight is 314 g/mol. The minimum Gasteiger partial charge on any atom is -0.398 e. The van der Waals surface area contributed by atoms with Crippen LogP contribution < -0.4 is 11.1 Å². The molecule has 0 atom stereocenters. The predicted molar refractivity (Wildman–Crippen MR) is 82.4 cm³/mol. The molecule has 0 aliphatic heterocycles. The number of rotatable bonds is 4. The molecule has 1 aliphatic rings. The zero-order valence-corrected chi connectivity index (χ0v) is 12.9. The van der Waals surface area contributed by atoms with E-state index >= 15 is 0 Å². The normalized spacial score (nSPS) is 17.5. The Morgan fingerprint density at radius 3 is 2.52 bits per heavy atom. The van der Waals surface area contributed by atoms with E-state index in [-0.39, 0.29) is 16.0 Å². The summed E-state index contributed by atoms with van der Waals surface area (Å²) < 4.78 is 26.3. The topological polar surface area (TPSA) is 55.1 Å². The minimum absolute atomic E-state index is 0.0130. The fraction of sp³-hybridized carbons (Fsp3) is 0.533. The number of carbonyl (C=O) groups is 1. The van der Waals surface area contributed by atoms with Crippen molar-refractivity contribution in [2.45, 2.75) is 36.9 Å². The van der Waals surface area contributed by atoms with E-state index in [1.54, 1.807) is 11.8 Å². The number of hydrogen-bond acceptors (Lipinski definition) is 3. The highest BCUT2D eigenvalue weighted by Gasteiger charge is 2.31. The van der Waals surface area contributed by atoms with Gasteiger partial charge in [-0.3, -0.25) is 4.79 Å². The van der Waals surface area contributed by atoms with E-state index in [1.165, 1.54) is 6.42 Å². The van der Waals surface area contributed by atoms with Crippen LogP contribution in [0.4, 0.5) is 14.5 Å². The number of halogens is 2. The van der Waals surface area contributed by atoms with Gasteiger partial charge in [-0.25, -0.2) is 8.78 Å². The van der Waals surface area contributed by atoms with Gasteiger partial charge in [-0.2, -0.15) is 11.8 Å². The summed E-state index contributed by atoms with van der Waals surface area (Å²) in [5.74, 6) is -2.56. The Morgan fingerprint density at radius 1 is 1.29 bits per heavy atom. The van der Waals surface area contributed by atoms with Gasteiger partial charge in [0, 0.05) is 23.0 Å². The molecule has 1 aromatic rings. The van der Waals surface area contributed by atoms with E-state index < -0.39 is 17.5 Å². The van der Waals surface area contributed by atoms with Crippen LogP contribution in [0.3, 0.4) is 0 Å². The Hall–Kier alpha value is -1.30. The average Bonchev–Trinajstić information content (AvgIpc) is 2.49. The Bertz CT molecular complexity index is 531. The lowest BCUT2D eigenvalue weighted by molar-refractivity contribution is 0.0947. The van der Waals surface area contributed by atoms with Gasteiger partial charge in [0.05, 0.1) is 5.56 Å². The molecule has 0 spiro atoms. The molecule has 1 amide bonds. The molecule has 1 aliphatic carbocycles. The molecule has 3 nitrogen and oxygen atoms in total. The summed E-state index contributed by atoms with van der Waals surface area (Å²) >= 11 is 1.76. The highest BCUT2D eigenvalue weighted by atomic mass is 32.2. The van der Waals surface area contributed by atoms with Crippen molar-refractivity contribution in [1.29, 1.82) is 0 Å². The maximum absolute atomic E-state index is 13.2. The molecule has 2 rings (SSSR count). The molecule has 0 unspecified atom stereocenters. The van der Waals surface area contributed by atoms with Crippen LogP contribution in [-0.2, 0) is 0 Å². The number of benzene rings is 1. The summed E-state index contributed by atoms with van der Waals surface area (Å²) in [6, 6.07) is 1.70. The third-order valence-corrected chi connectivity index (χ3v) is 5.52. The van der Waals surface area contributed by atoms with Gasteiger partial charge < -0.3 is 11.1 Å². The maximum atomic E-state index is 13.2. The molecule has 3 N–H and O–H groups in total. The lowest BCUT2D eigenvalue weighted by Gasteiger charge is -2.35. The largest absolute Gasteiger partial charge is 0.398 e. The van der Waals surface area contributed by atoms with Gasteiger partial charge in [0.15, 0.2) is 11.6 Å². The number of nitrogens with one attached hydrogen (secondary N) is 1. The van der Waals surface area contributed by atoms with Crippen LogP contribution in [0.15, 0.2) is 12.1 Å². The SMILES string of the molecule is CSC1(CNC(=O)c2cc(F)c(F)cc2N)CCCCC1. The van der Waals surface area contributed by atoms with E-state index in [1.807, 2.05) is 6.26 Å². The van der Waals surface area contributed by atoms with Gasteiger partial charge in [-0.15, -0.1) is 0 Å². The van der Waals surface area contributed by atoms with Gasteiger partial charge in [-0.05, 0) is 25.2 Å². The summed E-state index contributed by atoms with van der Waals surface area (Å²) in [7, 11) is 0. The second-order valence-electron chi connectivity index (χ2n) is 5.48. The first-order valence-electron chi connectivity index (χ1n) is 7.05. The van der Waals surface area contributed by atoms with Gasteiger partial charge in [0.25, 0.3) is 5.91 Å². The van der Waals surface area contributed by atoms with Crippen molar-refractivity contribution in [2.75, 3.05) is 18.5 Å². The van der Waals surface area contributed by atoms with E-state index in [9.17, 15) is 13.6 Å². The smallest absolute Gasteiger partial charge is 0.253 e. The van der Waals surface area contributed by atoms with Crippen LogP contribution in [0.5, 0.6) is 0 Å². The lowest BCUT2D eigenvalue weighted by Crippen LogP contribution is -2.42. The maximum Gasteiger partial charge on any atom is 0.253 e. The third-order valence-electron chi connectivity index (χ3n) is 4.11. The van der Waals surface area contributed by atoms with Crippen molar-refractivity contribution in [3.63, 3.8) is 0 Å². The molecule has 1 saturated carbocycles. The molecule has 0 radical (unpaired) electrons. The number of nitrogens with two attached hydrogens (primary N) is 1. The Kier molecular flexibility index (Phi) is 5.08. The first kappa shape index (κ1) is 16.1. The summed E-state index contributed by atoms with van der Waals surface area (Å²) in [6.45, 7) is 0.519. The van der Waals surface area contributed by atoms with Crippen molar-refractivity contribution in [3.8, 4) is 0 Å². The fourth-order valence-corrected chi connectivity index (χ4v) is 3.66. The summed E-state index contributed by atoms with van der Waals surface area (Å²) in [5, 5.41) is 2.82. The quantitative estimate of drug-likeness (QED) is 0.838. The van der Waals surface area contributed by atoms with Gasteiger partial charge in [-0.1, -0.05) is 19.3 Å². The summed E-state index contributed by atoms with van der Waals surface area (Å²) in [6.07, 6.45) is 7.70. The van der Waals surface area contributed by atoms with E-state index in [0.717, 1.165) is 37.8 Å². The molecular formula is C15H20F2N2OS. The van der Waals surface area contributed by atoms with Crippen LogP contribution in [0.2, 0.25) is 0 Å². The van der Waals surface area contributed by atoms with Crippen molar-refractivity contribution in [3.05, 3.63) is 29.3 Å². The molecule has 0 saturated heterocycles. The predicted octanol–water partition coefficient (Wildman–Crippen LogP) is 3.34. The van der Waals surface area contributed by atoms with Crippen LogP contribution in [0, 0.1) is 11.6 Å². The van der Waals surface area contributed by atoms with Crippen LogP contribution in [0.25, 0.3) is 0 Å². The lowest BCUT2D eigenvalue weighted by atomic mass is 9.88. The van der Waals surface area contributed by atoms with Gasteiger partial charge in [0.1, 0.15) is 0 Å². The van der Waals surface area contributed by atoms with Crippen molar-refractivity contribution >= 4 is 23.4 Å². The number of carbonyl (C=O) groups excluding carboxylic acids is 1. The molecule has 0 aromatic heterocycles. The Morgan fingerprint density at radius 2 is 1.90 bits per heavy atom. The first-order chi connectivity index (χ1) is 9.97. The third kappa shape index (κ3) is 3.67. The molecule has 0 bridgehead atoms. The van der Waals surface area contributed by atoms with Gasteiger partial charge >= 0.3 is 0 Å². The highest BCUT2D eigenvalue weighted by molar-refractivity contribution is 8.00. The number of nitrogen functional groups attached to an aromatic ring is 1. The molecule has 21 heavy (non-hydrogen) atoms. The second-order valence-corrected chi connectivity index (χ2v) is 6.76. The van der Waals surface area contributed by atoms with Gasteiger partial charge in [0.2, 0.25) is 0 Å². The van der Waals surface area contributed by atoms with E-state index in [4.69, 9.17) is 5.73 Å². The molecule has 116 valence electrons. The highest BCUT2D eigenvalue weighted by Crippen LogP contribution is 2.38. The Balaban J connectivity index is 2.06. The molecule has 1 fully saturated rings. The minimum atomic E-state index is -1.06. The second kappa shape index (κ2) is 6.64. The number of thioether (sulfide) groups is 1. The standard InChI is InChI=1S/C15H20F2N2OS/c1-21-15(5-3-2-4-6-15)9-19-14(20)10-7-11(16)12(17)8-13(10)18/h7-8H,2-6,9,18H2,1H3,(H,19,20). The molecule has 0 heterocycles. The van der Waals surface area contributed by atoms with Crippen LogP contribution in [0.1, 0.15) is 42.5 Å². The summed E-state index contributed by atoms with van der Waals surface area (Å²) in [5.41, 5.74) is 5.53. The molecule has 6 heteroatoms. The zero-order valence-electron chi connectivity index (χ0n) is 12.0.